The highest BCUT2D eigenvalue weighted by atomic mass is 32.2. The third-order valence-electron chi connectivity index (χ3n) is 5.07. The molecule has 0 N–H and O–H groups in total. The second-order valence-corrected chi connectivity index (χ2v) is 9.81. The van der Waals surface area contributed by atoms with Crippen molar-refractivity contribution in [3.8, 4) is 4.90 Å². The highest BCUT2D eigenvalue weighted by molar-refractivity contribution is 7.45. The number of aryl methyl sites for hydroxylation is 1. The van der Waals surface area contributed by atoms with Gasteiger partial charge in [-0.05, 0) is 68.4 Å². The first kappa shape index (κ1) is 20.2. The van der Waals surface area contributed by atoms with Crippen molar-refractivity contribution in [1.82, 2.24) is 0 Å². The molecule has 0 amide bonds. The molecule has 1 unspecified atom stereocenters. The molecule has 0 aliphatic carbocycles. The minimum atomic E-state index is -1.31. The van der Waals surface area contributed by atoms with Crippen LogP contribution in [-0.4, -0.2) is 5.97 Å². The molecule has 5 heteroatoms. The average Bonchev–Trinajstić information content (AvgIpc) is 3.05. The fourth-order valence-electron chi connectivity index (χ4n) is 3.58. The summed E-state index contributed by atoms with van der Waals surface area (Å²) in [5, 5.41) is 1.22. The van der Waals surface area contributed by atoms with E-state index >= 15 is 0 Å². The van der Waals surface area contributed by atoms with Gasteiger partial charge in [-0.25, -0.2) is 13.6 Å². The van der Waals surface area contributed by atoms with Gasteiger partial charge in [0.2, 0.25) is 0 Å². The summed E-state index contributed by atoms with van der Waals surface area (Å²) in [7, 11) is -0.169. The first-order valence-corrected chi connectivity index (χ1v) is 10.8. The molecule has 30 heavy (non-hydrogen) atoms. The van der Waals surface area contributed by atoms with Crippen LogP contribution in [0.2, 0.25) is 0 Å². The number of carbonyl (C=O) groups excluding carboxylic acids is 1. The van der Waals surface area contributed by atoms with Gasteiger partial charge in [-0.1, -0.05) is 12.1 Å². The lowest BCUT2D eigenvalue weighted by atomic mass is 9.97. The van der Waals surface area contributed by atoms with Crippen molar-refractivity contribution in [3.05, 3.63) is 100 Å². The summed E-state index contributed by atoms with van der Waals surface area (Å²) in [6, 6.07) is 20.9. The van der Waals surface area contributed by atoms with E-state index in [2.05, 4.69) is 25.1 Å². The first-order valence-electron chi connectivity index (χ1n) is 9.57. The van der Waals surface area contributed by atoms with Crippen molar-refractivity contribution in [3.63, 3.8) is 0 Å². The number of rotatable bonds is 4. The third kappa shape index (κ3) is 3.73. The molecule has 152 valence electrons. The van der Waals surface area contributed by atoms with Gasteiger partial charge in [0.05, 0.1) is 5.56 Å². The summed E-state index contributed by atoms with van der Waals surface area (Å²) in [5.74, 6) is -1.79. The molecule has 1 heterocycles. The standard InChI is InChI=1S/C25H21F2O2S/c1-16-14-18-6-4-5-7-23(18)30(16)20-11-8-17(9-12-20)24(28)29-25(2,3)21-15-19(26)10-13-22(21)27/h4-15H,1-3H3/q+1. The van der Waals surface area contributed by atoms with E-state index in [1.165, 1.54) is 15.0 Å². The Morgan fingerprint density at radius 3 is 2.37 bits per heavy atom. The fraction of sp³-hybridized carbons (Fsp3) is 0.160. The second-order valence-electron chi connectivity index (χ2n) is 7.65. The average molecular weight is 424 g/mol. The number of hydrogen-bond acceptors (Lipinski definition) is 2. The largest absolute Gasteiger partial charge is 0.451 e. The highest BCUT2D eigenvalue weighted by Crippen LogP contribution is 2.43. The minimum Gasteiger partial charge on any atom is -0.451 e. The number of fused-ring (bicyclic) bond motifs is 1. The first-order chi connectivity index (χ1) is 14.3. The molecule has 0 radical (unpaired) electrons. The Kier molecular flexibility index (Phi) is 5.16. The molecule has 4 aromatic rings. The summed E-state index contributed by atoms with van der Waals surface area (Å²) in [6.45, 7) is 5.20. The molecule has 2 nitrogen and oxygen atoms in total. The van der Waals surface area contributed by atoms with Crippen molar-refractivity contribution in [2.45, 2.75) is 26.4 Å². The van der Waals surface area contributed by atoms with E-state index in [0.717, 1.165) is 23.1 Å². The molecule has 0 aliphatic heterocycles. The van der Waals surface area contributed by atoms with Crippen molar-refractivity contribution in [2.24, 2.45) is 0 Å². The van der Waals surface area contributed by atoms with Gasteiger partial charge >= 0.3 is 5.97 Å². The van der Waals surface area contributed by atoms with E-state index in [-0.39, 0.29) is 16.0 Å². The molecule has 0 spiro atoms. The SMILES string of the molecule is Cc1cc2ccccc2[s+]1-c1ccc(C(=O)OC(C)(C)c2cc(F)ccc2F)cc1. The van der Waals surface area contributed by atoms with Crippen LogP contribution in [0, 0.1) is 18.6 Å². The Morgan fingerprint density at radius 2 is 1.63 bits per heavy atom. The van der Waals surface area contributed by atoms with Crippen LogP contribution < -0.4 is 0 Å². The highest BCUT2D eigenvalue weighted by Gasteiger charge is 2.30. The number of thiophene rings is 1. The number of benzene rings is 3. The van der Waals surface area contributed by atoms with Gasteiger partial charge in [0.1, 0.15) is 17.2 Å². The van der Waals surface area contributed by atoms with Gasteiger partial charge in [0, 0.05) is 34.4 Å². The lowest BCUT2D eigenvalue weighted by molar-refractivity contribution is -0.00465. The van der Waals surface area contributed by atoms with Crippen LogP contribution in [0.25, 0.3) is 15.0 Å². The lowest BCUT2D eigenvalue weighted by Crippen LogP contribution is -2.27. The fourth-order valence-corrected chi connectivity index (χ4v) is 5.78. The predicted octanol–water partition coefficient (Wildman–Crippen LogP) is 7.26. The van der Waals surface area contributed by atoms with Crippen molar-refractivity contribution in [1.29, 1.82) is 0 Å². The smallest absolute Gasteiger partial charge is 0.339 e. The van der Waals surface area contributed by atoms with Crippen LogP contribution in [0.1, 0.15) is 34.6 Å². The van der Waals surface area contributed by atoms with Gasteiger partial charge in [-0.2, -0.15) is 0 Å². The van der Waals surface area contributed by atoms with Gasteiger partial charge in [-0.3, -0.25) is 0 Å². The van der Waals surface area contributed by atoms with Gasteiger partial charge < -0.3 is 4.74 Å². The normalized spacial score (nSPS) is 12.2. The Labute approximate surface area is 176 Å². The summed E-state index contributed by atoms with van der Waals surface area (Å²) in [6.07, 6.45) is 0. The summed E-state index contributed by atoms with van der Waals surface area (Å²) in [4.78, 5) is 15.1. The number of esters is 1. The van der Waals surface area contributed by atoms with Crippen molar-refractivity contribution >= 4 is 26.5 Å². The van der Waals surface area contributed by atoms with E-state index < -0.39 is 23.2 Å². The quantitative estimate of drug-likeness (QED) is 0.255. The maximum absolute atomic E-state index is 14.1. The molecule has 3 aromatic carbocycles. The van der Waals surface area contributed by atoms with E-state index in [1.807, 2.05) is 24.3 Å². The Bertz CT molecular complexity index is 1240. The Morgan fingerprint density at radius 1 is 0.933 bits per heavy atom. The van der Waals surface area contributed by atoms with E-state index in [9.17, 15) is 13.6 Å². The van der Waals surface area contributed by atoms with Crippen LogP contribution in [-0.2, 0) is 10.3 Å². The van der Waals surface area contributed by atoms with Crippen LogP contribution in [0.3, 0.4) is 0 Å². The van der Waals surface area contributed by atoms with Crippen LogP contribution in [0.15, 0.2) is 72.8 Å². The van der Waals surface area contributed by atoms with Crippen LogP contribution in [0.4, 0.5) is 8.78 Å². The van der Waals surface area contributed by atoms with Gasteiger partial charge in [0.15, 0.2) is 14.5 Å². The second kappa shape index (κ2) is 7.65. The lowest BCUT2D eigenvalue weighted by Gasteiger charge is -2.26. The van der Waals surface area contributed by atoms with Crippen molar-refractivity contribution < 1.29 is 18.3 Å². The molecule has 0 aliphatic rings. The maximum Gasteiger partial charge on any atom is 0.339 e. The van der Waals surface area contributed by atoms with Crippen LogP contribution in [0.5, 0.6) is 0 Å². The topological polar surface area (TPSA) is 26.3 Å². The molecule has 0 bridgehead atoms. The zero-order valence-electron chi connectivity index (χ0n) is 16.9. The molecule has 1 aromatic heterocycles. The molecule has 4 rings (SSSR count). The Balaban J connectivity index is 1.60. The molecule has 1 atom stereocenters. The minimum absolute atomic E-state index is 0.00252. The van der Waals surface area contributed by atoms with Gasteiger partial charge in [0.25, 0.3) is 0 Å². The zero-order chi connectivity index (χ0) is 21.5. The summed E-state index contributed by atoms with van der Waals surface area (Å²) in [5.41, 5.74) is -0.952. The number of carbonyl (C=O) groups is 1. The number of hydrogen-bond donors (Lipinski definition) is 0. The number of halogens is 2. The summed E-state index contributed by atoms with van der Waals surface area (Å²) >= 11 is 0. The summed E-state index contributed by atoms with van der Waals surface area (Å²) < 4.78 is 34.5. The van der Waals surface area contributed by atoms with E-state index in [0.29, 0.717) is 5.56 Å². The van der Waals surface area contributed by atoms with E-state index in [1.54, 1.807) is 26.0 Å². The number of ether oxygens (including phenoxy) is 1. The zero-order valence-corrected chi connectivity index (χ0v) is 17.7. The maximum atomic E-state index is 14.1. The predicted molar refractivity (Wildman–Crippen MR) is 117 cm³/mol. The third-order valence-corrected chi connectivity index (χ3v) is 7.39. The molecule has 0 saturated heterocycles. The molecule has 0 saturated carbocycles. The molecule has 0 fully saturated rings. The van der Waals surface area contributed by atoms with Crippen LogP contribution >= 0.6 is 10.5 Å². The monoisotopic (exact) mass is 423 g/mol. The molecular formula is C25H21F2O2S+. The van der Waals surface area contributed by atoms with Crippen molar-refractivity contribution in [2.75, 3.05) is 0 Å². The molecular weight excluding hydrogens is 402 g/mol. The van der Waals surface area contributed by atoms with Gasteiger partial charge in [-0.15, -0.1) is 0 Å². The van der Waals surface area contributed by atoms with E-state index in [4.69, 9.17) is 4.74 Å². The Hall–Kier alpha value is -3.05.